The van der Waals surface area contributed by atoms with E-state index in [1.54, 1.807) is 7.11 Å². The van der Waals surface area contributed by atoms with Crippen molar-refractivity contribution in [2.45, 2.75) is 37.8 Å². The highest BCUT2D eigenvalue weighted by molar-refractivity contribution is 5.83. The summed E-state index contributed by atoms with van der Waals surface area (Å²) in [6.07, 6.45) is 4.66. The van der Waals surface area contributed by atoms with E-state index in [1.165, 1.54) is 12.8 Å². The molecule has 1 N–H and O–H groups in total. The number of nitrogens with zero attached hydrogens (tertiary/aromatic N) is 1. The number of hydrogen-bond donors (Lipinski definition) is 1. The number of nitrogens with one attached hydrogen (secondary N) is 1. The highest BCUT2D eigenvalue weighted by Crippen LogP contribution is 2.23. The Bertz CT molecular complexity index is 436. The van der Waals surface area contributed by atoms with Gasteiger partial charge >= 0.3 is 0 Å². The Morgan fingerprint density at radius 2 is 1.85 bits per heavy atom. The summed E-state index contributed by atoms with van der Waals surface area (Å²) >= 11 is 0. The van der Waals surface area contributed by atoms with Crippen LogP contribution in [0, 0.1) is 0 Å². The van der Waals surface area contributed by atoms with Gasteiger partial charge in [0.15, 0.2) is 0 Å². The topological polar surface area (TPSA) is 41.6 Å². The van der Waals surface area contributed by atoms with E-state index in [9.17, 15) is 4.79 Å². The van der Waals surface area contributed by atoms with Crippen LogP contribution in [0.3, 0.4) is 0 Å². The predicted octanol–water partition coefficient (Wildman–Crippen LogP) is 2.36. The van der Waals surface area contributed by atoms with Gasteiger partial charge in [0.05, 0.1) is 7.11 Å². The van der Waals surface area contributed by atoms with Gasteiger partial charge in [-0.25, -0.2) is 0 Å². The minimum atomic E-state index is -0.249. The molecule has 1 unspecified atom stereocenters. The largest absolute Gasteiger partial charge is 0.497 e. The SMILES string of the molecule is COc1ccc(C(C(=O)NC2CCCC2)N(C)C)cc1. The molecule has 0 saturated heterocycles. The van der Waals surface area contributed by atoms with Crippen LogP contribution < -0.4 is 10.1 Å². The quantitative estimate of drug-likeness (QED) is 0.897. The molecule has 4 nitrogen and oxygen atoms in total. The summed E-state index contributed by atoms with van der Waals surface area (Å²) in [7, 11) is 5.51. The van der Waals surface area contributed by atoms with Gasteiger partial charge in [0, 0.05) is 6.04 Å². The summed E-state index contributed by atoms with van der Waals surface area (Å²) in [6, 6.07) is 7.81. The zero-order valence-corrected chi connectivity index (χ0v) is 12.6. The van der Waals surface area contributed by atoms with E-state index >= 15 is 0 Å². The lowest BCUT2D eigenvalue weighted by atomic mass is 10.0. The third kappa shape index (κ3) is 3.51. The van der Waals surface area contributed by atoms with Crippen LogP contribution in [0.2, 0.25) is 0 Å². The molecular weight excluding hydrogens is 252 g/mol. The highest BCUT2D eigenvalue weighted by Gasteiger charge is 2.26. The van der Waals surface area contributed by atoms with Gasteiger partial charge in [-0.15, -0.1) is 0 Å². The summed E-state index contributed by atoms with van der Waals surface area (Å²) in [6.45, 7) is 0. The summed E-state index contributed by atoms with van der Waals surface area (Å²) in [5.41, 5.74) is 0.992. The summed E-state index contributed by atoms with van der Waals surface area (Å²) < 4.78 is 5.16. The standard InChI is InChI=1S/C16H24N2O2/c1-18(2)15(12-8-10-14(20-3)11-9-12)16(19)17-13-6-4-5-7-13/h8-11,13,15H,4-7H2,1-3H3,(H,17,19). The molecule has 110 valence electrons. The average Bonchev–Trinajstić information content (AvgIpc) is 2.92. The van der Waals surface area contributed by atoms with E-state index < -0.39 is 0 Å². The Hall–Kier alpha value is -1.55. The number of ether oxygens (including phenoxy) is 1. The van der Waals surface area contributed by atoms with Gasteiger partial charge in [-0.1, -0.05) is 25.0 Å². The molecule has 0 bridgehead atoms. The molecule has 2 rings (SSSR count). The molecule has 1 aliphatic carbocycles. The van der Waals surface area contributed by atoms with Gasteiger partial charge in [0.2, 0.25) is 5.91 Å². The summed E-state index contributed by atoms with van der Waals surface area (Å²) in [4.78, 5) is 14.5. The maximum Gasteiger partial charge on any atom is 0.242 e. The minimum absolute atomic E-state index is 0.0899. The highest BCUT2D eigenvalue weighted by atomic mass is 16.5. The molecule has 20 heavy (non-hydrogen) atoms. The van der Waals surface area contributed by atoms with Gasteiger partial charge in [-0.3, -0.25) is 9.69 Å². The van der Waals surface area contributed by atoms with Gasteiger partial charge in [-0.2, -0.15) is 0 Å². The van der Waals surface area contributed by atoms with Crippen molar-refractivity contribution in [3.05, 3.63) is 29.8 Å². The average molecular weight is 276 g/mol. The Morgan fingerprint density at radius 3 is 2.35 bits per heavy atom. The molecule has 1 aromatic rings. The zero-order valence-electron chi connectivity index (χ0n) is 12.6. The molecule has 1 aliphatic rings. The molecule has 4 heteroatoms. The number of likely N-dealkylation sites (N-methyl/N-ethyl adjacent to an activating group) is 1. The lowest BCUT2D eigenvalue weighted by Crippen LogP contribution is -2.41. The first-order chi connectivity index (χ1) is 9.61. The predicted molar refractivity (Wildman–Crippen MR) is 79.8 cm³/mol. The summed E-state index contributed by atoms with van der Waals surface area (Å²) in [5.74, 6) is 0.898. The van der Waals surface area contributed by atoms with Crippen LogP contribution in [0.15, 0.2) is 24.3 Å². The maximum atomic E-state index is 12.5. The summed E-state index contributed by atoms with van der Waals surface area (Å²) in [5, 5.41) is 3.18. The second-order valence-electron chi connectivity index (χ2n) is 5.63. The van der Waals surface area contributed by atoms with Crippen molar-refractivity contribution in [2.24, 2.45) is 0 Å². The van der Waals surface area contributed by atoms with Crippen LogP contribution in [-0.2, 0) is 4.79 Å². The number of benzene rings is 1. The zero-order chi connectivity index (χ0) is 14.5. The van der Waals surface area contributed by atoms with Crippen LogP contribution in [0.1, 0.15) is 37.3 Å². The fraction of sp³-hybridized carbons (Fsp3) is 0.562. The van der Waals surface area contributed by atoms with Gasteiger partial charge in [-0.05, 0) is 44.6 Å². The van der Waals surface area contributed by atoms with Gasteiger partial charge in [0.1, 0.15) is 11.8 Å². The van der Waals surface area contributed by atoms with E-state index in [-0.39, 0.29) is 11.9 Å². The maximum absolute atomic E-state index is 12.5. The van der Waals surface area contributed by atoms with Crippen LogP contribution in [-0.4, -0.2) is 38.1 Å². The van der Waals surface area contributed by atoms with Crippen molar-refractivity contribution in [1.82, 2.24) is 10.2 Å². The van der Waals surface area contributed by atoms with Crippen LogP contribution >= 0.6 is 0 Å². The Labute approximate surface area is 121 Å². The number of amides is 1. The first-order valence-electron chi connectivity index (χ1n) is 7.22. The fourth-order valence-corrected chi connectivity index (χ4v) is 2.82. The molecule has 1 saturated carbocycles. The molecule has 1 amide bonds. The molecule has 0 aliphatic heterocycles. The number of rotatable bonds is 5. The number of hydrogen-bond acceptors (Lipinski definition) is 3. The molecular formula is C16H24N2O2. The van der Waals surface area contributed by atoms with Crippen LogP contribution in [0.4, 0.5) is 0 Å². The van der Waals surface area contributed by atoms with E-state index in [1.807, 2.05) is 43.3 Å². The first kappa shape index (κ1) is 14.9. The van der Waals surface area contributed by atoms with Crippen LogP contribution in [0.25, 0.3) is 0 Å². The van der Waals surface area contributed by atoms with E-state index in [2.05, 4.69) is 5.32 Å². The molecule has 0 aromatic heterocycles. The van der Waals surface area contributed by atoms with Crippen molar-refractivity contribution >= 4 is 5.91 Å². The van der Waals surface area contributed by atoms with Crippen molar-refractivity contribution in [3.63, 3.8) is 0 Å². The second-order valence-corrected chi connectivity index (χ2v) is 5.63. The lowest BCUT2D eigenvalue weighted by Gasteiger charge is -2.25. The fourth-order valence-electron chi connectivity index (χ4n) is 2.82. The van der Waals surface area contributed by atoms with Crippen LogP contribution in [0.5, 0.6) is 5.75 Å². The third-order valence-electron chi connectivity index (χ3n) is 3.90. The normalized spacial score (nSPS) is 17.2. The van der Waals surface area contributed by atoms with Crippen molar-refractivity contribution < 1.29 is 9.53 Å². The number of carbonyl (C=O) groups excluding carboxylic acids is 1. The first-order valence-corrected chi connectivity index (χ1v) is 7.22. The second kappa shape index (κ2) is 6.75. The van der Waals surface area contributed by atoms with Gasteiger partial charge in [0.25, 0.3) is 0 Å². The molecule has 1 fully saturated rings. The molecule has 0 spiro atoms. The molecule has 0 heterocycles. The third-order valence-corrected chi connectivity index (χ3v) is 3.90. The Kier molecular flexibility index (Phi) is 5.01. The van der Waals surface area contributed by atoms with E-state index in [0.717, 1.165) is 24.2 Å². The monoisotopic (exact) mass is 276 g/mol. The van der Waals surface area contributed by atoms with Crippen molar-refractivity contribution in [1.29, 1.82) is 0 Å². The van der Waals surface area contributed by atoms with Gasteiger partial charge < -0.3 is 10.1 Å². The van der Waals surface area contributed by atoms with Crippen molar-refractivity contribution in [3.8, 4) is 5.75 Å². The lowest BCUT2D eigenvalue weighted by molar-refractivity contribution is -0.126. The van der Waals surface area contributed by atoms with E-state index in [0.29, 0.717) is 6.04 Å². The molecule has 1 aromatic carbocycles. The Balaban J connectivity index is 2.10. The minimum Gasteiger partial charge on any atom is -0.497 e. The molecule has 0 radical (unpaired) electrons. The van der Waals surface area contributed by atoms with E-state index in [4.69, 9.17) is 4.74 Å². The van der Waals surface area contributed by atoms with Crippen molar-refractivity contribution in [2.75, 3.05) is 21.2 Å². The number of carbonyl (C=O) groups is 1. The number of methoxy groups -OCH3 is 1. The Morgan fingerprint density at radius 1 is 1.25 bits per heavy atom. The molecule has 1 atom stereocenters. The smallest absolute Gasteiger partial charge is 0.242 e.